The van der Waals surface area contributed by atoms with Gasteiger partial charge in [-0.25, -0.2) is 8.42 Å². The van der Waals surface area contributed by atoms with Crippen LogP contribution in [0.5, 0.6) is 0 Å². The van der Waals surface area contributed by atoms with E-state index in [9.17, 15) is 23.3 Å². The van der Waals surface area contributed by atoms with Gasteiger partial charge < -0.3 is 5.32 Å². The maximum atomic E-state index is 13.0. The zero-order valence-corrected chi connectivity index (χ0v) is 18.6. The van der Waals surface area contributed by atoms with Crippen LogP contribution in [0.3, 0.4) is 0 Å². The summed E-state index contributed by atoms with van der Waals surface area (Å²) in [4.78, 5) is 23.5. The SMILES string of the molecule is CC[C@@H](C(=O)N[C@@H](C)c1ccc(C)c(C)c1)N(c1cccc([N+](=O)[O-])c1)S(C)(=O)=O. The van der Waals surface area contributed by atoms with Crippen molar-refractivity contribution in [2.45, 2.75) is 46.2 Å². The van der Waals surface area contributed by atoms with Crippen LogP contribution in [0, 0.1) is 24.0 Å². The highest BCUT2D eigenvalue weighted by Crippen LogP contribution is 2.27. The molecule has 2 aromatic rings. The smallest absolute Gasteiger partial charge is 0.271 e. The van der Waals surface area contributed by atoms with Crippen molar-refractivity contribution in [1.82, 2.24) is 5.32 Å². The summed E-state index contributed by atoms with van der Waals surface area (Å²) in [6.07, 6.45) is 1.18. The number of rotatable bonds is 8. The number of carbonyl (C=O) groups is 1. The molecule has 0 spiro atoms. The maximum absolute atomic E-state index is 13.0. The second-order valence-corrected chi connectivity index (χ2v) is 9.19. The molecule has 8 nitrogen and oxygen atoms in total. The summed E-state index contributed by atoms with van der Waals surface area (Å²) in [6.45, 7) is 7.50. The van der Waals surface area contributed by atoms with Crippen LogP contribution >= 0.6 is 0 Å². The molecule has 0 saturated carbocycles. The Bertz CT molecular complexity index is 1050. The highest BCUT2D eigenvalue weighted by Gasteiger charge is 2.33. The van der Waals surface area contributed by atoms with E-state index in [1.807, 2.05) is 39.0 Å². The molecule has 1 N–H and O–H groups in total. The van der Waals surface area contributed by atoms with Crippen LogP contribution in [-0.2, 0) is 14.8 Å². The molecule has 9 heteroatoms. The fourth-order valence-electron chi connectivity index (χ4n) is 3.23. The molecule has 2 atom stereocenters. The van der Waals surface area contributed by atoms with Crippen molar-refractivity contribution in [2.75, 3.05) is 10.6 Å². The standard InChI is InChI=1S/C21H27N3O5S/c1-6-20(21(25)22-16(4)17-11-10-14(2)15(3)12-17)23(30(5,28)29)18-8-7-9-19(13-18)24(26)27/h7-13,16,20H,6H2,1-5H3,(H,22,25)/t16-,20-/m0/s1. The molecule has 0 fully saturated rings. The van der Waals surface area contributed by atoms with Gasteiger partial charge in [-0.15, -0.1) is 0 Å². The zero-order chi connectivity index (χ0) is 22.6. The Morgan fingerprint density at radius 3 is 2.37 bits per heavy atom. The second kappa shape index (κ2) is 9.25. The molecule has 30 heavy (non-hydrogen) atoms. The fraction of sp³-hybridized carbons (Fsp3) is 0.381. The second-order valence-electron chi connectivity index (χ2n) is 7.33. The maximum Gasteiger partial charge on any atom is 0.271 e. The van der Waals surface area contributed by atoms with Crippen LogP contribution < -0.4 is 9.62 Å². The Morgan fingerprint density at radius 1 is 1.17 bits per heavy atom. The molecule has 0 heterocycles. The Morgan fingerprint density at radius 2 is 1.83 bits per heavy atom. The normalized spacial score (nSPS) is 13.4. The van der Waals surface area contributed by atoms with Crippen molar-refractivity contribution in [3.8, 4) is 0 Å². The summed E-state index contributed by atoms with van der Waals surface area (Å²) in [6, 6.07) is 9.75. The molecule has 0 radical (unpaired) electrons. The van der Waals surface area contributed by atoms with Gasteiger partial charge in [-0.05, 0) is 49.9 Å². The minimum Gasteiger partial charge on any atom is -0.348 e. The first kappa shape index (κ1) is 23.3. The van der Waals surface area contributed by atoms with Crippen LogP contribution in [0.2, 0.25) is 0 Å². The molecular weight excluding hydrogens is 406 g/mol. The van der Waals surface area contributed by atoms with Crippen molar-refractivity contribution in [1.29, 1.82) is 0 Å². The van der Waals surface area contributed by atoms with Crippen LogP contribution in [0.1, 0.15) is 43.0 Å². The van der Waals surface area contributed by atoms with Gasteiger partial charge in [-0.3, -0.25) is 19.2 Å². The molecule has 0 saturated heterocycles. The molecule has 0 aromatic heterocycles. The molecular formula is C21H27N3O5S. The average molecular weight is 434 g/mol. The Labute approximate surface area is 177 Å². The van der Waals surface area contributed by atoms with E-state index in [0.717, 1.165) is 33.3 Å². The lowest BCUT2D eigenvalue weighted by atomic mass is 10.0. The third kappa shape index (κ3) is 5.35. The molecule has 162 valence electrons. The molecule has 0 unspecified atom stereocenters. The van der Waals surface area contributed by atoms with E-state index in [4.69, 9.17) is 0 Å². The highest BCUT2D eigenvalue weighted by atomic mass is 32.2. The minimum absolute atomic E-state index is 0.0764. The van der Waals surface area contributed by atoms with Gasteiger partial charge in [0.25, 0.3) is 5.69 Å². The first-order valence-electron chi connectivity index (χ1n) is 9.57. The topological polar surface area (TPSA) is 110 Å². The summed E-state index contributed by atoms with van der Waals surface area (Å²) in [5.74, 6) is -0.472. The van der Waals surface area contributed by atoms with E-state index in [1.54, 1.807) is 6.92 Å². The summed E-state index contributed by atoms with van der Waals surface area (Å²) in [7, 11) is -3.88. The van der Waals surface area contributed by atoms with E-state index in [1.165, 1.54) is 18.2 Å². The van der Waals surface area contributed by atoms with E-state index in [2.05, 4.69) is 5.32 Å². The van der Waals surface area contributed by atoms with Gasteiger partial charge in [-0.1, -0.05) is 31.2 Å². The minimum atomic E-state index is -3.88. The number of nitro groups is 1. The van der Waals surface area contributed by atoms with Crippen LogP contribution in [0.25, 0.3) is 0 Å². The third-order valence-electron chi connectivity index (χ3n) is 5.01. The first-order chi connectivity index (χ1) is 14.0. The number of nitrogens with zero attached hydrogens (tertiary/aromatic N) is 2. The summed E-state index contributed by atoms with van der Waals surface area (Å²) >= 11 is 0. The summed E-state index contributed by atoms with van der Waals surface area (Å²) in [5.41, 5.74) is 2.96. The van der Waals surface area contributed by atoms with Gasteiger partial charge in [0.2, 0.25) is 15.9 Å². The van der Waals surface area contributed by atoms with Gasteiger partial charge in [0.1, 0.15) is 6.04 Å². The first-order valence-corrected chi connectivity index (χ1v) is 11.4. The molecule has 1 amide bonds. The number of non-ortho nitro benzene ring substituents is 1. The van der Waals surface area contributed by atoms with E-state index >= 15 is 0 Å². The monoisotopic (exact) mass is 433 g/mol. The number of nitro benzene ring substituents is 1. The van der Waals surface area contributed by atoms with E-state index < -0.39 is 26.9 Å². The fourth-order valence-corrected chi connectivity index (χ4v) is 4.43. The number of hydrogen-bond acceptors (Lipinski definition) is 5. The summed E-state index contributed by atoms with van der Waals surface area (Å²) in [5, 5.41) is 14.0. The van der Waals surface area contributed by atoms with Crippen LogP contribution in [0.15, 0.2) is 42.5 Å². The number of benzene rings is 2. The van der Waals surface area contributed by atoms with Gasteiger partial charge >= 0.3 is 0 Å². The zero-order valence-electron chi connectivity index (χ0n) is 17.7. The number of hydrogen-bond donors (Lipinski definition) is 1. The molecule has 0 aliphatic rings. The van der Waals surface area contributed by atoms with Crippen molar-refractivity contribution in [2.24, 2.45) is 0 Å². The van der Waals surface area contributed by atoms with Gasteiger partial charge in [0.05, 0.1) is 22.9 Å². The third-order valence-corrected chi connectivity index (χ3v) is 6.19. The van der Waals surface area contributed by atoms with Crippen molar-refractivity contribution in [3.05, 3.63) is 69.3 Å². The van der Waals surface area contributed by atoms with E-state index in [-0.39, 0.29) is 23.8 Å². The van der Waals surface area contributed by atoms with Gasteiger partial charge in [0.15, 0.2) is 0 Å². The highest BCUT2D eigenvalue weighted by molar-refractivity contribution is 7.92. The van der Waals surface area contributed by atoms with Gasteiger partial charge in [0, 0.05) is 12.1 Å². The van der Waals surface area contributed by atoms with E-state index in [0.29, 0.717) is 0 Å². The van der Waals surface area contributed by atoms with Gasteiger partial charge in [-0.2, -0.15) is 0 Å². The summed E-state index contributed by atoms with van der Waals surface area (Å²) < 4.78 is 26.0. The Kier molecular flexibility index (Phi) is 7.20. The number of aryl methyl sites for hydroxylation is 2. The van der Waals surface area contributed by atoms with Crippen molar-refractivity contribution >= 4 is 27.3 Å². The number of nitrogens with one attached hydrogen (secondary N) is 1. The van der Waals surface area contributed by atoms with Crippen molar-refractivity contribution in [3.63, 3.8) is 0 Å². The molecule has 0 bridgehead atoms. The Hall–Kier alpha value is -2.94. The average Bonchev–Trinajstić information content (AvgIpc) is 2.66. The lowest BCUT2D eigenvalue weighted by Crippen LogP contribution is -2.49. The quantitative estimate of drug-likeness (QED) is 0.505. The lowest BCUT2D eigenvalue weighted by Gasteiger charge is -2.31. The van der Waals surface area contributed by atoms with Crippen molar-refractivity contribution < 1.29 is 18.1 Å². The largest absolute Gasteiger partial charge is 0.348 e. The number of anilines is 1. The number of amides is 1. The lowest BCUT2D eigenvalue weighted by molar-refractivity contribution is -0.384. The number of carbonyl (C=O) groups excluding carboxylic acids is 1. The Balaban J connectivity index is 2.37. The molecule has 0 aliphatic heterocycles. The predicted octanol–water partition coefficient (Wildman–Crippen LogP) is 3.63. The predicted molar refractivity (Wildman–Crippen MR) is 117 cm³/mol. The van der Waals surface area contributed by atoms with Crippen LogP contribution in [-0.4, -0.2) is 31.5 Å². The van der Waals surface area contributed by atoms with Crippen LogP contribution in [0.4, 0.5) is 11.4 Å². The molecule has 0 aliphatic carbocycles. The number of sulfonamides is 1. The molecule has 2 aromatic carbocycles. The molecule has 2 rings (SSSR count).